The summed E-state index contributed by atoms with van der Waals surface area (Å²) in [5.41, 5.74) is 4.60. The number of aryl methyl sites for hydroxylation is 1. The van der Waals surface area contributed by atoms with Gasteiger partial charge in [-0.2, -0.15) is 0 Å². The van der Waals surface area contributed by atoms with Crippen LogP contribution in [0.15, 0.2) is 67.0 Å². The molecule has 1 fully saturated rings. The topological polar surface area (TPSA) is 71.5 Å². The molecule has 0 bridgehead atoms. The summed E-state index contributed by atoms with van der Waals surface area (Å²) in [5.74, 6) is 0.487. The highest BCUT2D eigenvalue weighted by Gasteiger charge is 2.25. The van der Waals surface area contributed by atoms with Gasteiger partial charge in [-0.1, -0.05) is 49.2 Å². The lowest BCUT2D eigenvalue weighted by molar-refractivity contribution is 0.0717. The summed E-state index contributed by atoms with van der Waals surface area (Å²) >= 11 is 0. The summed E-state index contributed by atoms with van der Waals surface area (Å²) in [5, 5.41) is 13.2. The molecule has 3 aromatic rings. The highest BCUT2D eigenvalue weighted by molar-refractivity contribution is 5.95. The molecule has 1 saturated carbocycles. The third kappa shape index (κ3) is 5.17. The zero-order valence-corrected chi connectivity index (χ0v) is 18.6. The number of hydrogen-bond donors (Lipinski definition) is 2. The van der Waals surface area contributed by atoms with Gasteiger partial charge >= 0.3 is 0 Å². The largest absolute Gasteiger partial charge is 0.486 e. The Balaban J connectivity index is 1.49. The van der Waals surface area contributed by atoms with Gasteiger partial charge in [0.1, 0.15) is 11.9 Å². The number of nitrogens with zero attached hydrogens (tertiary/aromatic N) is 1. The van der Waals surface area contributed by atoms with Gasteiger partial charge in [0.25, 0.3) is 5.91 Å². The second-order valence-electron chi connectivity index (χ2n) is 8.55. The minimum absolute atomic E-state index is 0.179. The van der Waals surface area contributed by atoms with Crippen LogP contribution in [0.1, 0.15) is 60.2 Å². The smallest absolute Gasteiger partial charge is 0.251 e. The van der Waals surface area contributed by atoms with Crippen molar-refractivity contribution in [2.24, 2.45) is 0 Å². The molecule has 166 valence electrons. The molecule has 1 heterocycles. The van der Waals surface area contributed by atoms with Crippen molar-refractivity contribution in [1.29, 1.82) is 0 Å². The Kier molecular flexibility index (Phi) is 6.86. The highest BCUT2D eigenvalue weighted by Crippen LogP contribution is 2.28. The number of ether oxygens (including phenoxy) is 1. The fraction of sp³-hybridized carbons (Fsp3) is 0.333. The van der Waals surface area contributed by atoms with Crippen LogP contribution in [0.2, 0.25) is 0 Å². The zero-order chi connectivity index (χ0) is 22.5. The summed E-state index contributed by atoms with van der Waals surface area (Å²) in [6.07, 6.45) is 6.53. The van der Waals surface area contributed by atoms with Crippen molar-refractivity contribution in [3.05, 3.63) is 83.7 Å². The Hall–Kier alpha value is -3.18. The second kappa shape index (κ2) is 9.96. The fourth-order valence-electron chi connectivity index (χ4n) is 4.13. The van der Waals surface area contributed by atoms with Gasteiger partial charge < -0.3 is 15.2 Å². The SMILES string of the molecule is Cc1ccc(C(=O)N[C@H]2CCCC[C@@H]2O)cc1OC(C)c1cncc(-c2ccccc2)c1. The predicted octanol–water partition coefficient (Wildman–Crippen LogP) is 5.23. The van der Waals surface area contributed by atoms with Crippen LogP contribution in [0.25, 0.3) is 11.1 Å². The van der Waals surface area contributed by atoms with E-state index in [0.717, 1.165) is 47.9 Å². The van der Waals surface area contributed by atoms with Gasteiger partial charge in [-0.25, -0.2) is 0 Å². The van der Waals surface area contributed by atoms with E-state index in [1.165, 1.54) is 0 Å². The van der Waals surface area contributed by atoms with E-state index < -0.39 is 6.10 Å². The van der Waals surface area contributed by atoms with Gasteiger partial charge in [0.2, 0.25) is 0 Å². The number of rotatable bonds is 6. The molecule has 0 aliphatic heterocycles. The number of carbonyl (C=O) groups excluding carboxylic acids is 1. The molecule has 1 aliphatic carbocycles. The lowest BCUT2D eigenvalue weighted by atomic mass is 9.92. The Morgan fingerprint density at radius 2 is 1.84 bits per heavy atom. The molecule has 0 saturated heterocycles. The Bertz CT molecular complexity index is 1070. The lowest BCUT2D eigenvalue weighted by Crippen LogP contribution is -2.45. The molecule has 2 aromatic carbocycles. The number of aliphatic hydroxyl groups excluding tert-OH is 1. The van der Waals surface area contributed by atoms with Gasteiger partial charge in [-0.15, -0.1) is 0 Å². The first-order chi connectivity index (χ1) is 15.5. The van der Waals surface area contributed by atoms with E-state index in [9.17, 15) is 9.90 Å². The quantitative estimate of drug-likeness (QED) is 0.562. The normalized spacial score (nSPS) is 19.2. The third-order valence-corrected chi connectivity index (χ3v) is 6.14. The van der Waals surface area contributed by atoms with Crippen LogP contribution in [0.4, 0.5) is 0 Å². The van der Waals surface area contributed by atoms with E-state index in [1.54, 1.807) is 12.1 Å². The van der Waals surface area contributed by atoms with Gasteiger partial charge in [-0.05, 0) is 56.0 Å². The molecule has 1 amide bonds. The molecule has 5 heteroatoms. The van der Waals surface area contributed by atoms with Crippen molar-refractivity contribution in [2.75, 3.05) is 0 Å². The monoisotopic (exact) mass is 430 g/mol. The number of hydrogen-bond acceptors (Lipinski definition) is 4. The first-order valence-electron chi connectivity index (χ1n) is 11.3. The highest BCUT2D eigenvalue weighted by atomic mass is 16.5. The molecule has 1 unspecified atom stereocenters. The summed E-state index contributed by atoms with van der Waals surface area (Å²) in [4.78, 5) is 17.2. The molecule has 3 atom stereocenters. The maximum atomic E-state index is 12.8. The second-order valence-corrected chi connectivity index (χ2v) is 8.55. The summed E-state index contributed by atoms with van der Waals surface area (Å²) in [7, 11) is 0. The average molecular weight is 431 g/mol. The van der Waals surface area contributed by atoms with Crippen molar-refractivity contribution in [3.63, 3.8) is 0 Å². The van der Waals surface area contributed by atoms with Crippen LogP contribution in [-0.4, -0.2) is 28.1 Å². The van der Waals surface area contributed by atoms with E-state index >= 15 is 0 Å². The molecule has 32 heavy (non-hydrogen) atoms. The van der Waals surface area contributed by atoms with Crippen LogP contribution in [0.5, 0.6) is 5.75 Å². The number of carbonyl (C=O) groups is 1. The summed E-state index contributed by atoms with van der Waals surface area (Å²) < 4.78 is 6.25. The van der Waals surface area contributed by atoms with E-state index in [-0.39, 0.29) is 18.1 Å². The van der Waals surface area contributed by atoms with Crippen molar-refractivity contribution in [3.8, 4) is 16.9 Å². The number of aliphatic hydroxyl groups is 1. The molecule has 2 N–H and O–H groups in total. The number of nitrogens with one attached hydrogen (secondary N) is 1. The summed E-state index contributed by atoms with van der Waals surface area (Å²) in [6.45, 7) is 3.95. The molecule has 1 aromatic heterocycles. The molecule has 0 spiro atoms. The van der Waals surface area contributed by atoms with Crippen LogP contribution in [0.3, 0.4) is 0 Å². The maximum absolute atomic E-state index is 12.8. The van der Waals surface area contributed by atoms with Gasteiger partial charge in [-0.3, -0.25) is 9.78 Å². The number of pyridine rings is 1. The summed E-state index contributed by atoms with van der Waals surface area (Å²) in [6, 6.07) is 17.5. The minimum Gasteiger partial charge on any atom is -0.486 e. The molecule has 1 aliphatic rings. The third-order valence-electron chi connectivity index (χ3n) is 6.14. The van der Waals surface area contributed by atoms with Crippen LogP contribution < -0.4 is 10.1 Å². The molecule has 0 radical (unpaired) electrons. The maximum Gasteiger partial charge on any atom is 0.251 e. The van der Waals surface area contributed by atoms with Crippen LogP contribution >= 0.6 is 0 Å². The van der Waals surface area contributed by atoms with Crippen molar-refractivity contribution < 1.29 is 14.6 Å². The first kappa shape index (κ1) is 22.0. The van der Waals surface area contributed by atoms with E-state index in [1.807, 2.05) is 50.5 Å². The predicted molar refractivity (Wildman–Crippen MR) is 126 cm³/mol. The zero-order valence-electron chi connectivity index (χ0n) is 18.6. The Labute approximate surface area is 189 Å². The Morgan fingerprint density at radius 1 is 1.06 bits per heavy atom. The lowest BCUT2D eigenvalue weighted by Gasteiger charge is -2.28. The molecular formula is C27H30N2O3. The fourth-order valence-corrected chi connectivity index (χ4v) is 4.13. The van der Waals surface area contributed by atoms with Crippen molar-refractivity contribution >= 4 is 5.91 Å². The van der Waals surface area contributed by atoms with E-state index in [0.29, 0.717) is 11.3 Å². The average Bonchev–Trinajstić information content (AvgIpc) is 2.82. The van der Waals surface area contributed by atoms with E-state index in [2.05, 4.69) is 28.5 Å². The van der Waals surface area contributed by atoms with Crippen LogP contribution in [0, 0.1) is 6.92 Å². The Morgan fingerprint density at radius 3 is 2.62 bits per heavy atom. The number of aromatic nitrogens is 1. The van der Waals surface area contributed by atoms with Gasteiger partial charge in [0, 0.05) is 29.1 Å². The van der Waals surface area contributed by atoms with E-state index in [4.69, 9.17) is 4.74 Å². The molecular weight excluding hydrogens is 400 g/mol. The molecule has 5 nitrogen and oxygen atoms in total. The standard InChI is InChI=1S/C27H30N2O3/c1-18-12-13-21(27(31)29-24-10-6-7-11-25(24)30)15-26(18)32-19(2)22-14-23(17-28-16-22)20-8-4-3-5-9-20/h3-5,8-9,12-17,19,24-25,30H,6-7,10-11H2,1-2H3,(H,29,31)/t19?,24-,25-/m0/s1. The van der Waals surface area contributed by atoms with Gasteiger partial charge in [0.05, 0.1) is 12.1 Å². The number of amides is 1. The number of benzene rings is 2. The minimum atomic E-state index is -0.474. The van der Waals surface area contributed by atoms with Crippen LogP contribution in [-0.2, 0) is 0 Å². The van der Waals surface area contributed by atoms with Crippen molar-refractivity contribution in [1.82, 2.24) is 10.3 Å². The van der Waals surface area contributed by atoms with Crippen molar-refractivity contribution in [2.45, 2.75) is 57.8 Å². The molecule has 4 rings (SSSR count). The van der Waals surface area contributed by atoms with Gasteiger partial charge in [0.15, 0.2) is 0 Å². The first-order valence-corrected chi connectivity index (χ1v) is 11.3.